The molecule has 0 radical (unpaired) electrons. The molecule has 2 aromatic rings. The molecular weight excluding hydrogens is 340 g/mol. The molecule has 1 aliphatic rings. The van der Waals surface area contributed by atoms with Crippen LogP contribution in [0.1, 0.15) is 36.4 Å². The second kappa shape index (κ2) is 9.42. The summed E-state index contributed by atoms with van der Waals surface area (Å²) in [5.41, 5.74) is 2.43. The molecule has 0 aromatic heterocycles. The predicted molar refractivity (Wildman–Crippen MR) is 106 cm³/mol. The Morgan fingerprint density at radius 2 is 1.85 bits per heavy atom. The van der Waals surface area contributed by atoms with Crippen LogP contribution in [-0.2, 0) is 11.2 Å². The third-order valence-corrected chi connectivity index (χ3v) is 4.86. The Balaban J connectivity index is 1.44. The molecule has 0 saturated heterocycles. The van der Waals surface area contributed by atoms with Crippen molar-refractivity contribution >= 4 is 5.91 Å². The number of nitrogens with zero attached hydrogens (tertiary/aromatic N) is 1. The molecule has 5 nitrogen and oxygen atoms in total. The minimum absolute atomic E-state index is 0.0905. The van der Waals surface area contributed by atoms with Gasteiger partial charge in [0.1, 0.15) is 0 Å². The van der Waals surface area contributed by atoms with Crippen LogP contribution in [0.4, 0.5) is 0 Å². The van der Waals surface area contributed by atoms with Crippen LogP contribution < -0.4 is 14.8 Å². The fourth-order valence-corrected chi connectivity index (χ4v) is 3.28. The smallest absolute Gasteiger partial charge is 0.231 e. The Kier molecular flexibility index (Phi) is 6.71. The number of hydrogen-bond donors (Lipinski definition) is 1. The highest BCUT2D eigenvalue weighted by Gasteiger charge is 2.20. The van der Waals surface area contributed by atoms with Crippen molar-refractivity contribution in [2.75, 3.05) is 27.4 Å². The second-order valence-corrected chi connectivity index (χ2v) is 7.09. The summed E-state index contributed by atoms with van der Waals surface area (Å²) in [6.45, 7) is 0.843. The van der Waals surface area contributed by atoms with Gasteiger partial charge in [0.2, 0.25) is 12.7 Å². The molecule has 5 heteroatoms. The van der Waals surface area contributed by atoms with Gasteiger partial charge in [-0.05, 0) is 56.6 Å². The Hall–Kier alpha value is -2.53. The lowest BCUT2D eigenvalue weighted by Gasteiger charge is -2.25. The van der Waals surface area contributed by atoms with E-state index in [9.17, 15) is 4.79 Å². The molecule has 0 saturated carbocycles. The lowest BCUT2D eigenvalue weighted by molar-refractivity contribution is -0.121. The molecule has 0 fully saturated rings. The predicted octanol–water partition coefficient (Wildman–Crippen LogP) is 3.55. The lowest BCUT2D eigenvalue weighted by atomic mass is 10.0. The molecule has 2 aromatic carbocycles. The number of ether oxygens (including phenoxy) is 2. The van der Waals surface area contributed by atoms with E-state index in [4.69, 9.17) is 9.47 Å². The summed E-state index contributed by atoms with van der Waals surface area (Å²) in [7, 11) is 4.03. The first kappa shape index (κ1) is 19.2. The summed E-state index contributed by atoms with van der Waals surface area (Å²) in [5, 5.41) is 3.08. The normalized spacial score (nSPS) is 13.6. The van der Waals surface area contributed by atoms with Gasteiger partial charge in [-0.3, -0.25) is 4.79 Å². The van der Waals surface area contributed by atoms with Crippen LogP contribution >= 0.6 is 0 Å². The molecule has 1 amide bonds. The van der Waals surface area contributed by atoms with Crippen molar-refractivity contribution < 1.29 is 14.3 Å². The highest BCUT2D eigenvalue weighted by Crippen LogP contribution is 2.34. The van der Waals surface area contributed by atoms with Crippen LogP contribution in [0.25, 0.3) is 0 Å². The van der Waals surface area contributed by atoms with E-state index in [0.717, 1.165) is 36.3 Å². The average Bonchev–Trinajstić information content (AvgIpc) is 3.14. The second-order valence-electron chi connectivity index (χ2n) is 7.09. The fraction of sp³-hybridized carbons (Fsp3) is 0.409. The number of fused-ring (bicyclic) bond motifs is 1. The SMILES string of the molecule is CN(C)C(CNC(=O)CCCCc1ccccc1)c1ccc2c(c1)OCO2. The van der Waals surface area contributed by atoms with Crippen LogP contribution in [0.5, 0.6) is 11.5 Å². The molecule has 144 valence electrons. The first-order valence-corrected chi connectivity index (χ1v) is 9.50. The number of aryl methyl sites for hydroxylation is 1. The third kappa shape index (κ3) is 5.47. The summed E-state index contributed by atoms with van der Waals surface area (Å²) in [6.07, 6.45) is 3.51. The van der Waals surface area contributed by atoms with Crippen molar-refractivity contribution in [1.82, 2.24) is 10.2 Å². The van der Waals surface area contributed by atoms with Crippen molar-refractivity contribution in [2.24, 2.45) is 0 Å². The zero-order valence-corrected chi connectivity index (χ0v) is 16.1. The number of benzene rings is 2. The van der Waals surface area contributed by atoms with Gasteiger partial charge in [-0.1, -0.05) is 36.4 Å². The first-order chi connectivity index (χ1) is 13.1. The van der Waals surface area contributed by atoms with Gasteiger partial charge in [0.05, 0.1) is 6.04 Å². The highest BCUT2D eigenvalue weighted by molar-refractivity contribution is 5.75. The molecule has 1 atom stereocenters. The first-order valence-electron chi connectivity index (χ1n) is 9.50. The number of amides is 1. The number of rotatable bonds is 9. The van der Waals surface area contributed by atoms with Gasteiger partial charge in [0, 0.05) is 13.0 Å². The van der Waals surface area contributed by atoms with E-state index in [1.807, 2.05) is 38.4 Å². The quantitative estimate of drug-likeness (QED) is 0.688. The van der Waals surface area contributed by atoms with E-state index >= 15 is 0 Å². The maximum atomic E-state index is 12.2. The minimum atomic E-state index is 0.0905. The summed E-state index contributed by atoms with van der Waals surface area (Å²) in [6, 6.07) is 16.5. The zero-order valence-electron chi connectivity index (χ0n) is 16.1. The Labute approximate surface area is 161 Å². The van der Waals surface area contributed by atoms with Crippen molar-refractivity contribution in [3.8, 4) is 11.5 Å². The standard InChI is InChI=1S/C22H28N2O3/c1-24(2)19(18-12-13-20-21(14-18)27-16-26-20)15-23-22(25)11-7-6-10-17-8-4-3-5-9-17/h3-5,8-9,12-14,19H,6-7,10-11,15-16H2,1-2H3,(H,23,25). The van der Waals surface area contributed by atoms with Crippen LogP contribution in [0.3, 0.4) is 0 Å². The molecule has 1 heterocycles. The molecule has 0 spiro atoms. The minimum Gasteiger partial charge on any atom is -0.454 e. The Morgan fingerprint density at radius 1 is 1.07 bits per heavy atom. The average molecular weight is 368 g/mol. The van der Waals surface area contributed by atoms with E-state index in [1.54, 1.807) is 0 Å². The van der Waals surface area contributed by atoms with E-state index in [2.05, 4.69) is 34.5 Å². The molecule has 27 heavy (non-hydrogen) atoms. The van der Waals surface area contributed by atoms with Crippen LogP contribution in [0.15, 0.2) is 48.5 Å². The molecule has 1 N–H and O–H groups in total. The van der Waals surface area contributed by atoms with E-state index in [-0.39, 0.29) is 18.7 Å². The van der Waals surface area contributed by atoms with E-state index < -0.39 is 0 Å². The van der Waals surface area contributed by atoms with Gasteiger partial charge in [-0.25, -0.2) is 0 Å². The monoisotopic (exact) mass is 368 g/mol. The number of nitrogens with one attached hydrogen (secondary N) is 1. The van der Waals surface area contributed by atoms with Crippen molar-refractivity contribution in [1.29, 1.82) is 0 Å². The molecule has 3 rings (SSSR count). The molecule has 1 aliphatic heterocycles. The summed E-state index contributed by atoms with van der Waals surface area (Å²) >= 11 is 0. The fourth-order valence-electron chi connectivity index (χ4n) is 3.28. The molecular formula is C22H28N2O3. The van der Waals surface area contributed by atoms with Gasteiger partial charge < -0.3 is 19.7 Å². The lowest BCUT2D eigenvalue weighted by Crippen LogP contribution is -2.34. The summed E-state index contributed by atoms with van der Waals surface area (Å²) < 4.78 is 10.8. The van der Waals surface area contributed by atoms with Crippen molar-refractivity contribution in [2.45, 2.75) is 31.7 Å². The van der Waals surface area contributed by atoms with E-state index in [1.165, 1.54) is 5.56 Å². The Morgan fingerprint density at radius 3 is 2.63 bits per heavy atom. The number of unbranched alkanes of at least 4 members (excludes halogenated alkanes) is 1. The summed E-state index contributed by atoms with van der Waals surface area (Å²) in [4.78, 5) is 14.3. The maximum absolute atomic E-state index is 12.2. The largest absolute Gasteiger partial charge is 0.454 e. The number of carbonyl (C=O) groups excluding carboxylic acids is 1. The van der Waals surface area contributed by atoms with Gasteiger partial charge in [-0.2, -0.15) is 0 Å². The summed E-state index contributed by atoms with van der Waals surface area (Å²) in [5.74, 6) is 1.65. The number of carbonyl (C=O) groups is 1. The van der Waals surface area contributed by atoms with Gasteiger partial charge in [-0.15, -0.1) is 0 Å². The topological polar surface area (TPSA) is 50.8 Å². The molecule has 0 bridgehead atoms. The Bertz CT molecular complexity index is 746. The highest BCUT2D eigenvalue weighted by atomic mass is 16.7. The van der Waals surface area contributed by atoms with Gasteiger partial charge in [0.15, 0.2) is 11.5 Å². The maximum Gasteiger partial charge on any atom is 0.231 e. The van der Waals surface area contributed by atoms with Crippen molar-refractivity contribution in [3.63, 3.8) is 0 Å². The van der Waals surface area contributed by atoms with Crippen LogP contribution in [-0.4, -0.2) is 38.2 Å². The molecule has 1 unspecified atom stereocenters. The molecule has 0 aliphatic carbocycles. The van der Waals surface area contributed by atoms with Crippen LogP contribution in [0, 0.1) is 0 Å². The van der Waals surface area contributed by atoms with Gasteiger partial charge in [0.25, 0.3) is 0 Å². The van der Waals surface area contributed by atoms with E-state index in [0.29, 0.717) is 13.0 Å². The zero-order chi connectivity index (χ0) is 19.1. The van der Waals surface area contributed by atoms with Crippen LogP contribution in [0.2, 0.25) is 0 Å². The number of hydrogen-bond acceptors (Lipinski definition) is 4. The van der Waals surface area contributed by atoms with Gasteiger partial charge >= 0.3 is 0 Å². The number of likely N-dealkylation sites (N-methyl/N-ethyl adjacent to an activating group) is 1. The van der Waals surface area contributed by atoms with Crippen molar-refractivity contribution in [3.05, 3.63) is 59.7 Å². The third-order valence-electron chi connectivity index (χ3n) is 4.86.